The topological polar surface area (TPSA) is 20.3 Å². The van der Waals surface area contributed by atoms with Gasteiger partial charge in [0.15, 0.2) is 0 Å². The molecule has 124 valence electrons. The molecule has 1 heterocycles. The molecule has 0 saturated heterocycles. The molecular formula is C20H19BrClNO. The minimum atomic E-state index is -0.348. The first-order chi connectivity index (χ1) is 11.6. The third-order valence-corrected chi connectivity index (χ3v) is 6.61. The molecule has 2 aromatic carbocycles. The number of carbonyl (C=O) groups is 1. The molecule has 4 rings (SSSR count). The lowest BCUT2D eigenvalue weighted by molar-refractivity contribution is -0.118. The zero-order valence-electron chi connectivity index (χ0n) is 13.3. The number of halogens is 2. The molecule has 2 aliphatic rings. The van der Waals surface area contributed by atoms with Crippen LogP contribution in [0.25, 0.3) is 0 Å². The molecule has 4 heteroatoms. The normalized spacial score (nSPS) is 19.5. The molecule has 0 N–H and O–H groups in total. The largest absolute Gasteiger partial charge is 0.310 e. The van der Waals surface area contributed by atoms with Crippen LogP contribution in [0.15, 0.2) is 48.5 Å². The van der Waals surface area contributed by atoms with E-state index in [1.165, 1.54) is 31.2 Å². The molecular weight excluding hydrogens is 386 g/mol. The second-order valence-electron chi connectivity index (χ2n) is 6.84. The number of carbonyl (C=O) groups excluding carboxylic acids is 1. The van der Waals surface area contributed by atoms with Gasteiger partial charge in [-0.3, -0.25) is 4.79 Å². The number of hydrogen-bond donors (Lipinski definition) is 0. The standard InChI is InChI=1S/C20H19BrClNO/c21-18(14-7-9-15(22)10-8-14)19(24)23-13-20(11-3-4-12-20)16-5-1-2-6-17(16)23/h1-2,5-10,18H,3-4,11-13H2. The van der Waals surface area contributed by atoms with E-state index in [-0.39, 0.29) is 16.1 Å². The van der Waals surface area contributed by atoms with Gasteiger partial charge in [-0.25, -0.2) is 0 Å². The fourth-order valence-corrected chi connectivity index (χ4v) is 4.90. The predicted octanol–water partition coefficient (Wildman–Crippen LogP) is 5.63. The van der Waals surface area contributed by atoms with Crippen molar-refractivity contribution in [3.63, 3.8) is 0 Å². The third-order valence-electron chi connectivity index (χ3n) is 5.43. The average Bonchev–Trinajstić information content (AvgIpc) is 3.21. The van der Waals surface area contributed by atoms with E-state index in [0.29, 0.717) is 5.02 Å². The summed E-state index contributed by atoms with van der Waals surface area (Å²) >= 11 is 9.56. The van der Waals surface area contributed by atoms with Gasteiger partial charge in [-0.05, 0) is 42.2 Å². The van der Waals surface area contributed by atoms with Crippen molar-refractivity contribution in [1.82, 2.24) is 0 Å². The highest BCUT2D eigenvalue weighted by Crippen LogP contribution is 2.51. The Kier molecular flexibility index (Phi) is 4.17. The number of nitrogens with zero attached hydrogens (tertiary/aromatic N) is 1. The number of benzene rings is 2. The van der Waals surface area contributed by atoms with Gasteiger partial charge in [0.2, 0.25) is 5.91 Å². The number of fused-ring (bicyclic) bond motifs is 2. The molecule has 1 aliphatic carbocycles. The van der Waals surface area contributed by atoms with Crippen LogP contribution in [-0.2, 0) is 10.2 Å². The zero-order chi connectivity index (χ0) is 16.7. The van der Waals surface area contributed by atoms with E-state index in [1.807, 2.05) is 35.2 Å². The third kappa shape index (κ3) is 2.58. The summed E-state index contributed by atoms with van der Waals surface area (Å²) in [5.74, 6) is 0.105. The van der Waals surface area contributed by atoms with Gasteiger partial charge < -0.3 is 4.90 Å². The summed E-state index contributed by atoms with van der Waals surface area (Å²) in [7, 11) is 0. The molecule has 0 aromatic heterocycles. The van der Waals surface area contributed by atoms with Crippen LogP contribution in [0, 0.1) is 0 Å². The Hall–Kier alpha value is -1.32. The second kappa shape index (κ2) is 6.20. The van der Waals surface area contributed by atoms with Gasteiger partial charge >= 0.3 is 0 Å². The van der Waals surface area contributed by atoms with Crippen molar-refractivity contribution in [2.24, 2.45) is 0 Å². The van der Waals surface area contributed by atoms with E-state index in [1.54, 1.807) is 0 Å². The van der Waals surface area contributed by atoms with E-state index in [0.717, 1.165) is 17.8 Å². The maximum absolute atomic E-state index is 13.2. The van der Waals surface area contributed by atoms with Crippen molar-refractivity contribution < 1.29 is 4.79 Å². The highest BCUT2D eigenvalue weighted by atomic mass is 79.9. The Balaban J connectivity index is 1.67. The molecule has 24 heavy (non-hydrogen) atoms. The van der Waals surface area contributed by atoms with Crippen molar-refractivity contribution >= 4 is 39.1 Å². The predicted molar refractivity (Wildman–Crippen MR) is 102 cm³/mol. The van der Waals surface area contributed by atoms with E-state index in [2.05, 4.69) is 34.1 Å². The van der Waals surface area contributed by atoms with Crippen molar-refractivity contribution in [3.8, 4) is 0 Å². The summed E-state index contributed by atoms with van der Waals surface area (Å²) in [5, 5.41) is 0.683. The number of para-hydroxylation sites is 1. The van der Waals surface area contributed by atoms with Gasteiger partial charge in [-0.1, -0.05) is 70.7 Å². The van der Waals surface area contributed by atoms with Gasteiger partial charge in [0.25, 0.3) is 0 Å². The number of hydrogen-bond acceptors (Lipinski definition) is 1. The fraction of sp³-hybridized carbons (Fsp3) is 0.350. The van der Waals surface area contributed by atoms with Gasteiger partial charge in [-0.2, -0.15) is 0 Å². The van der Waals surface area contributed by atoms with E-state index in [9.17, 15) is 4.79 Å². The minimum Gasteiger partial charge on any atom is -0.310 e. The quantitative estimate of drug-likeness (QED) is 0.594. The summed E-state index contributed by atoms with van der Waals surface area (Å²) in [4.78, 5) is 14.8. The lowest BCUT2D eigenvalue weighted by Crippen LogP contribution is -2.37. The van der Waals surface area contributed by atoms with Crippen LogP contribution < -0.4 is 4.90 Å². The van der Waals surface area contributed by atoms with Crippen LogP contribution in [0.5, 0.6) is 0 Å². The molecule has 1 atom stereocenters. The Bertz CT molecular complexity index is 767. The van der Waals surface area contributed by atoms with Crippen LogP contribution in [0.4, 0.5) is 5.69 Å². The van der Waals surface area contributed by atoms with Crippen LogP contribution >= 0.6 is 27.5 Å². The van der Waals surface area contributed by atoms with Gasteiger partial charge in [-0.15, -0.1) is 0 Å². The van der Waals surface area contributed by atoms with E-state index >= 15 is 0 Å². The van der Waals surface area contributed by atoms with E-state index < -0.39 is 0 Å². The summed E-state index contributed by atoms with van der Waals surface area (Å²) < 4.78 is 0. The number of anilines is 1. The lowest BCUT2D eigenvalue weighted by atomic mass is 9.81. The molecule has 1 unspecified atom stereocenters. The summed E-state index contributed by atoms with van der Waals surface area (Å²) in [5.41, 5.74) is 3.54. The Morgan fingerprint density at radius 3 is 2.46 bits per heavy atom. The summed E-state index contributed by atoms with van der Waals surface area (Å²) in [6, 6.07) is 15.9. The highest BCUT2D eigenvalue weighted by Gasteiger charge is 2.46. The Labute approximate surface area is 155 Å². The zero-order valence-corrected chi connectivity index (χ0v) is 15.7. The molecule has 2 nitrogen and oxygen atoms in total. The van der Waals surface area contributed by atoms with Crippen LogP contribution in [-0.4, -0.2) is 12.5 Å². The molecule has 1 aliphatic heterocycles. The number of amides is 1. The first kappa shape index (κ1) is 16.2. The molecule has 1 saturated carbocycles. The highest BCUT2D eigenvalue weighted by molar-refractivity contribution is 9.09. The Morgan fingerprint density at radius 2 is 1.75 bits per heavy atom. The molecule has 2 aromatic rings. The van der Waals surface area contributed by atoms with Crippen LogP contribution in [0.1, 0.15) is 41.6 Å². The molecule has 1 amide bonds. The smallest absolute Gasteiger partial charge is 0.245 e. The van der Waals surface area contributed by atoms with Crippen molar-refractivity contribution in [1.29, 1.82) is 0 Å². The molecule has 0 radical (unpaired) electrons. The molecule has 1 spiro atoms. The molecule has 0 bridgehead atoms. The van der Waals surface area contributed by atoms with Crippen LogP contribution in [0.2, 0.25) is 5.02 Å². The first-order valence-corrected chi connectivity index (χ1v) is 9.71. The maximum Gasteiger partial charge on any atom is 0.245 e. The first-order valence-electron chi connectivity index (χ1n) is 8.41. The molecule has 1 fully saturated rings. The minimum absolute atomic E-state index is 0.105. The summed E-state index contributed by atoms with van der Waals surface area (Å²) in [6.45, 7) is 0.806. The number of rotatable bonds is 2. The van der Waals surface area contributed by atoms with Gasteiger partial charge in [0, 0.05) is 22.7 Å². The fourth-order valence-electron chi connectivity index (χ4n) is 4.22. The van der Waals surface area contributed by atoms with Crippen molar-refractivity contribution in [2.45, 2.75) is 35.9 Å². The second-order valence-corrected chi connectivity index (χ2v) is 8.20. The monoisotopic (exact) mass is 403 g/mol. The van der Waals surface area contributed by atoms with Crippen molar-refractivity contribution in [2.75, 3.05) is 11.4 Å². The number of alkyl halides is 1. The average molecular weight is 405 g/mol. The van der Waals surface area contributed by atoms with Gasteiger partial charge in [0.05, 0.1) is 0 Å². The SMILES string of the molecule is O=C(C(Br)c1ccc(Cl)cc1)N1CC2(CCCC2)c2ccccc21. The summed E-state index contributed by atoms with van der Waals surface area (Å²) in [6.07, 6.45) is 4.87. The van der Waals surface area contributed by atoms with Crippen LogP contribution in [0.3, 0.4) is 0 Å². The van der Waals surface area contributed by atoms with Crippen molar-refractivity contribution in [3.05, 3.63) is 64.7 Å². The van der Waals surface area contributed by atoms with E-state index in [4.69, 9.17) is 11.6 Å². The maximum atomic E-state index is 13.2. The van der Waals surface area contributed by atoms with Gasteiger partial charge in [0.1, 0.15) is 4.83 Å². The lowest BCUT2D eigenvalue weighted by Gasteiger charge is -2.26. The Morgan fingerprint density at radius 1 is 1.08 bits per heavy atom.